The van der Waals surface area contributed by atoms with Gasteiger partial charge in [-0.15, -0.1) is 0 Å². The molecule has 106 valence electrons. The van der Waals surface area contributed by atoms with Crippen LogP contribution < -0.4 is 4.90 Å². The minimum absolute atomic E-state index is 0.455. The number of aromatic hydroxyl groups is 1. The Balaban J connectivity index is 1.95. The summed E-state index contributed by atoms with van der Waals surface area (Å²) < 4.78 is 0. The Labute approximate surface area is 121 Å². The molecule has 20 heavy (non-hydrogen) atoms. The van der Waals surface area contributed by atoms with Crippen LogP contribution in [0.25, 0.3) is 10.8 Å². The number of likely N-dealkylation sites (tertiary alicyclic amines) is 1. The van der Waals surface area contributed by atoms with Crippen molar-refractivity contribution in [3.63, 3.8) is 0 Å². The molecular weight excluding hydrogens is 246 g/mol. The van der Waals surface area contributed by atoms with Crippen molar-refractivity contribution in [1.29, 1.82) is 0 Å². The van der Waals surface area contributed by atoms with E-state index in [1.807, 2.05) is 12.1 Å². The van der Waals surface area contributed by atoms with Gasteiger partial charge in [-0.05, 0) is 42.5 Å². The van der Waals surface area contributed by atoms with Gasteiger partial charge >= 0.3 is 0 Å². The fourth-order valence-electron chi connectivity index (χ4n) is 3.61. The first-order valence-electron chi connectivity index (χ1n) is 7.83. The fraction of sp³-hybridized carbons (Fsp3) is 0.444. The van der Waals surface area contributed by atoms with Crippen molar-refractivity contribution in [2.24, 2.45) is 0 Å². The topological polar surface area (TPSA) is 24.7 Å². The largest absolute Gasteiger partial charge is 0.507 e. The first-order valence-corrected chi connectivity index (χ1v) is 7.83. The lowest BCUT2D eigenvalue weighted by Crippen LogP contribution is -3.15. The van der Waals surface area contributed by atoms with Crippen LogP contribution in [0.4, 0.5) is 0 Å². The lowest BCUT2D eigenvalue weighted by atomic mass is 9.97. The van der Waals surface area contributed by atoms with Crippen LogP contribution in [-0.4, -0.2) is 17.7 Å². The first-order chi connectivity index (χ1) is 9.79. The second-order valence-electron chi connectivity index (χ2n) is 5.97. The third kappa shape index (κ3) is 2.53. The van der Waals surface area contributed by atoms with Gasteiger partial charge in [-0.3, -0.25) is 0 Å². The molecule has 2 aromatic carbocycles. The van der Waals surface area contributed by atoms with Gasteiger partial charge < -0.3 is 10.0 Å². The molecule has 2 heteroatoms. The van der Waals surface area contributed by atoms with Crippen LogP contribution in [0.5, 0.6) is 5.75 Å². The zero-order valence-corrected chi connectivity index (χ0v) is 12.2. The van der Waals surface area contributed by atoms with Gasteiger partial charge in [0.25, 0.3) is 0 Å². The number of hydrogen-bond acceptors (Lipinski definition) is 1. The highest BCUT2D eigenvalue weighted by atomic mass is 16.3. The van der Waals surface area contributed by atoms with Crippen LogP contribution in [0, 0.1) is 0 Å². The van der Waals surface area contributed by atoms with Gasteiger partial charge in [-0.1, -0.05) is 37.3 Å². The molecule has 1 unspecified atom stereocenters. The Morgan fingerprint density at radius 2 is 2.00 bits per heavy atom. The van der Waals surface area contributed by atoms with Crippen LogP contribution in [0.1, 0.15) is 38.2 Å². The predicted molar refractivity (Wildman–Crippen MR) is 83.1 cm³/mol. The average molecular weight is 270 g/mol. The number of fused-ring (bicyclic) bond motifs is 1. The zero-order valence-electron chi connectivity index (χ0n) is 12.2. The molecule has 1 saturated heterocycles. The molecule has 2 N–H and O–H groups in total. The van der Waals surface area contributed by atoms with E-state index in [4.69, 9.17) is 0 Å². The Morgan fingerprint density at radius 1 is 1.15 bits per heavy atom. The molecule has 2 atom stereocenters. The summed E-state index contributed by atoms with van der Waals surface area (Å²) in [6.45, 7) is 4.48. The van der Waals surface area contributed by atoms with Gasteiger partial charge in [0.1, 0.15) is 12.3 Å². The molecule has 0 spiro atoms. The van der Waals surface area contributed by atoms with Crippen LogP contribution in [0.15, 0.2) is 36.4 Å². The predicted octanol–water partition coefficient (Wildman–Crippen LogP) is 2.89. The lowest BCUT2D eigenvalue weighted by Gasteiger charge is -2.32. The van der Waals surface area contributed by atoms with Gasteiger partial charge in [0.05, 0.1) is 18.2 Å². The fourth-order valence-corrected chi connectivity index (χ4v) is 3.61. The molecule has 1 aliphatic rings. The van der Waals surface area contributed by atoms with Crippen molar-refractivity contribution in [3.8, 4) is 5.75 Å². The maximum Gasteiger partial charge on any atom is 0.125 e. The zero-order chi connectivity index (χ0) is 13.9. The number of benzene rings is 2. The van der Waals surface area contributed by atoms with Crippen LogP contribution in [0.3, 0.4) is 0 Å². The highest BCUT2D eigenvalue weighted by molar-refractivity contribution is 5.87. The second-order valence-corrected chi connectivity index (χ2v) is 5.97. The van der Waals surface area contributed by atoms with Crippen LogP contribution in [0.2, 0.25) is 0 Å². The molecular formula is C18H24NO+. The van der Waals surface area contributed by atoms with E-state index in [9.17, 15) is 5.11 Å². The standard InChI is InChI=1S/C18H23NO/c1-2-15-8-5-6-12-19(15)13-17-16-9-4-3-7-14(16)10-11-18(17)20/h3-4,7,9-11,15,20H,2,5-6,8,12-13H2,1H3/p+1/t15-/m1/s1. The van der Waals surface area contributed by atoms with Crippen molar-refractivity contribution >= 4 is 10.8 Å². The van der Waals surface area contributed by atoms with Crippen molar-refractivity contribution in [2.75, 3.05) is 6.54 Å². The van der Waals surface area contributed by atoms with Crippen LogP contribution >= 0.6 is 0 Å². The van der Waals surface area contributed by atoms with Crippen molar-refractivity contribution in [3.05, 3.63) is 42.0 Å². The number of hydrogen-bond donors (Lipinski definition) is 2. The average Bonchev–Trinajstić information content (AvgIpc) is 2.50. The Hall–Kier alpha value is -1.54. The van der Waals surface area contributed by atoms with E-state index in [-0.39, 0.29) is 0 Å². The maximum atomic E-state index is 10.3. The summed E-state index contributed by atoms with van der Waals surface area (Å²) in [6.07, 6.45) is 5.25. The number of nitrogens with one attached hydrogen (secondary N) is 1. The van der Waals surface area contributed by atoms with Gasteiger partial charge in [-0.25, -0.2) is 0 Å². The van der Waals surface area contributed by atoms with Gasteiger partial charge in [0.15, 0.2) is 0 Å². The van der Waals surface area contributed by atoms with E-state index in [2.05, 4.69) is 31.2 Å². The molecule has 0 bridgehead atoms. The molecule has 3 rings (SSSR count). The van der Waals surface area contributed by atoms with Crippen molar-refractivity contribution in [2.45, 2.75) is 45.2 Å². The molecule has 0 radical (unpaired) electrons. The number of phenols is 1. The van der Waals surface area contributed by atoms with Crippen LogP contribution in [-0.2, 0) is 6.54 Å². The number of phenolic OH excluding ortho intramolecular Hbond substituents is 1. The lowest BCUT2D eigenvalue weighted by molar-refractivity contribution is -0.943. The van der Waals surface area contributed by atoms with Gasteiger partial charge in [0.2, 0.25) is 0 Å². The highest BCUT2D eigenvalue weighted by Crippen LogP contribution is 2.26. The summed E-state index contributed by atoms with van der Waals surface area (Å²) in [4.78, 5) is 1.64. The number of rotatable bonds is 3. The summed E-state index contributed by atoms with van der Waals surface area (Å²) in [7, 11) is 0. The van der Waals surface area contributed by atoms with E-state index in [1.165, 1.54) is 43.0 Å². The first kappa shape index (κ1) is 13.4. The molecule has 0 saturated carbocycles. The van der Waals surface area contributed by atoms with E-state index >= 15 is 0 Å². The molecule has 1 fully saturated rings. The summed E-state index contributed by atoms with van der Waals surface area (Å²) in [5, 5.41) is 12.7. The Bertz CT molecular complexity index is 593. The normalized spacial score (nSPS) is 23.1. The quantitative estimate of drug-likeness (QED) is 0.880. The van der Waals surface area contributed by atoms with Gasteiger partial charge in [0, 0.05) is 0 Å². The highest BCUT2D eigenvalue weighted by Gasteiger charge is 2.25. The molecule has 0 amide bonds. The second kappa shape index (κ2) is 5.84. The molecule has 2 nitrogen and oxygen atoms in total. The SMILES string of the molecule is CC[C@@H]1CCCC[NH+]1Cc1c(O)ccc2ccccc12. The third-order valence-corrected chi connectivity index (χ3v) is 4.79. The van der Waals surface area contributed by atoms with Crippen molar-refractivity contribution in [1.82, 2.24) is 0 Å². The Morgan fingerprint density at radius 3 is 2.85 bits per heavy atom. The maximum absolute atomic E-state index is 10.3. The number of quaternary nitrogens is 1. The molecule has 0 aromatic heterocycles. The summed E-state index contributed by atoms with van der Waals surface area (Å²) in [5.41, 5.74) is 1.12. The molecule has 0 aliphatic carbocycles. The Kier molecular flexibility index (Phi) is 3.93. The molecule has 1 heterocycles. The minimum Gasteiger partial charge on any atom is -0.507 e. The molecule has 2 aromatic rings. The van der Waals surface area contributed by atoms with E-state index in [0.717, 1.165) is 18.2 Å². The smallest absolute Gasteiger partial charge is 0.125 e. The summed E-state index contributed by atoms with van der Waals surface area (Å²) >= 11 is 0. The van der Waals surface area contributed by atoms with Crippen molar-refractivity contribution < 1.29 is 10.0 Å². The monoisotopic (exact) mass is 270 g/mol. The molecule has 1 aliphatic heterocycles. The minimum atomic E-state index is 0.455. The number of piperidine rings is 1. The summed E-state index contributed by atoms with van der Waals surface area (Å²) in [5.74, 6) is 0.455. The van der Waals surface area contributed by atoms with E-state index in [1.54, 1.807) is 4.90 Å². The van der Waals surface area contributed by atoms with E-state index in [0.29, 0.717) is 5.75 Å². The third-order valence-electron chi connectivity index (χ3n) is 4.79. The van der Waals surface area contributed by atoms with E-state index < -0.39 is 0 Å². The summed E-state index contributed by atoms with van der Waals surface area (Å²) in [6, 6.07) is 13.0. The van der Waals surface area contributed by atoms with Gasteiger partial charge in [-0.2, -0.15) is 0 Å².